The number of nitrogens with zero attached hydrogens (tertiary/aromatic N) is 1. The van der Waals surface area contributed by atoms with Crippen LogP contribution in [0.4, 0.5) is 0 Å². The quantitative estimate of drug-likeness (QED) is 0.778. The summed E-state index contributed by atoms with van der Waals surface area (Å²) in [5.41, 5.74) is -0.658. The Bertz CT molecular complexity index is 465. The summed E-state index contributed by atoms with van der Waals surface area (Å²) in [4.78, 5) is 37.9. The molecule has 2 aliphatic carbocycles. The molecule has 3 fully saturated rings. The van der Waals surface area contributed by atoms with E-state index in [2.05, 4.69) is 0 Å². The summed E-state index contributed by atoms with van der Waals surface area (Å²) in [6, 6.07) is -1.06. The Hall–Kier alpha value is -1.39. The number of rotatable bonds is 2. The normalized spacial score (nSPS) is 37.5. The second kappa shape index (κ2) is 4.06. The van der Waals surface area contributed by atoms with Gasteiger partial charge in [0, 0.05) is 0 Å². The minimum absolute atomic E-state index is 0.241. The van der Waals surface area contributed by atoms with E-state index < -0.39 is 17.4 Å². The van der Waals surface area contributed by atoms with Gasteiger partial charge in [-0.25, -0.2) is 4.79 Å². The largest absolute Gasteiger partial charge is 0.480 e. The molecular formula is C15H21NO4. The van der Waals surface area contributed by atoms with Crippen LogP contribution < -0.4 is 0 Å². The Morgan fingerprint density at radius 1 is 1.15 bits per heavy atom. The van der Waals surface area contributed by atoms with Crippen LogP contribution in [0.3, 0.4) is 0 Å². The van der Waals surface area contributed by atoms with E-state index in [1.807, 2.05) is 0 Å². The molecular weight excluding hydrogens is 258 g/mol. The van der Waals surface area contributed by atoms with Gasteiger partial charge in [0.15, 0.2) is 0 Å². The van der Waals surface area contributed by atoms with Crippen molar-refractivity contribution in [2.45, 2.75) is 46.1 Å². The maximum Gasteiger partial charge on any atom is 0.327 e. The number of carbonyl (C=O) groups excluding carboxylic acids is 2. The average Bonchev–Trinajstić information content (AvgIpc) is 2.96. The lowest BCUT2D eigenvalue weighted by Crippen LogP contribution is -2.52. The Morgan fingerprint density at radius 3 is 1.95 bits per heavy atom. The lowest BCUT2D eigenvalue weighted by molar-refractivity contribution is -0.160. The third kappa shape index (κ3) is 1.64. The molecule has 2 amide bonds. The van der Waals surface area contributed by atoms with E-state index in [9.17, 15) is 19.5 Å². The monoisotopic (exact) mass is 279 g/mol. The van der Waals surface area contributed by atoms with Crippen molar-refractivity contribution in [3.63, 3.8) is 0 Å². The summed E-state index contributed by atoms with van der Waals surface area (Å²) >= 11 is 0. The fraction of sp³-hybridized carbons (Fsp3) is 0.800. The van der Waals surface area contributed by atoms with Gasteiger partial charge in [0.05, 0.1) is 11.8 Å². The van der Waals surface area contributed by atoms with Gasteiger partial charge in [0.25, 0.3) is 0 Å². The Morgan fingerprint density at radius 2 is 1.60 bits per heavy atom. The second-order valence-corrected chi connectivity index (χ2v) is 7.54. The van der Waals surface area contributed by atoms with Crippen LogP contribution in [0.2, 0.25) is 0 Å². The lowest BCUT2D eigenvalue weighted by Gasteiger charge is -2.34. The number of likely N-dealkylation sites (tertiary alicyclic amines) is 1. The van der Waals surface area contributed by atoms with E-state index in [1.165, 1.54) is 0 Å². The standard InChI is InChI=1S/C15H21NO4/c1-15(2,3)11(14(19)20)16-12(17)9-7-4-5-8(6-7)10(9)13(16)18/h7-11H,4-6H2,1-3H3,(H,19,20)/t7-,8+,9-,10+,11-/m1/s1. The van der Waals surface area contributed by atoms with Crippen LogP contribution in [0.15, 0.2) is 0 Å². The minimum Gasteiger partial charge on any atom is -0.480 e. The highest BCUT2D eigenvalue weighted by molar-refractivity contribution is 6.08. The number of aliphatic carboxylic acids is 1. The van der Waals surface area contributed by atoms with Crippen molar-refractivity contribution in [2.75, 3.05) is 0 Å². The van der Waals surface area contributed by atoms with Crippen LogP contribution in [-0.2, 0) is 14.4 Å². The van der Waals surface area contributed by atoms with Crippen molar-refractivity contribution >= 4 is 17.8 Å². The molecule has 1 saturated heterocycles. The SMILES string of the molecule is CC(C)(C)[C@@H](C(=O)O)N1C(=O)[C@@H]2[C@@H]3CC[C@@H](C3)[C@@H]2C1=O. The Kier molecular flexibility index (Phi) is 2.76. The van der Waals surface area contributed by atoms with Gasteiger partial charge in [0.1, 0.15) is 6.04 Å². The average molecular weight is 279 g/mol. The first-order valence-corrected chi connectivity index (χ1v) is 7.33. The first kappa shape index (κ1) is 13.6. The zero-order valence-corrected chi connectivity index (χ0v) is 12.1. The number of hydrogen-bond donors (Lipinski definition) is 1. The molecule has 0 aromatic rings. The van der Waals surface area contributed by atoms with Crippen molar-refractivity contribution < 1.29 is 19.5 Å². The minimum atomic E-state index is -1.09. The van der Waals surface area contributed by atoms with E-state index in [-0.39, 0.29) is 23.7 Å². The molecule has 2 bridgehead atoms. The number of imide groups is 1. The smallest absolute Gasteiger partial charge is 0.327 e. The van der Waals surface area contributed by atoms with Gasteiger partial charge in [-0.05, 0) is 36.5 Å². The van der Waals surface area contributed by atoms with Gasteiger partial charge in [-0.3, -0.25) is 14.5 Å². The third-order valence-corrected chi connectivity index (χ3v) is 5.27. The zero-order chi connectivity index (χ0) is 14.8. The van der Waals surface area contributed by atoms with Gasteiger partial charge in [-0.2, -0.15) is 0 Å². The first-order chi connectivity index (χ1) is 9.23. The van der Waals surface area contributed by atoms with Crippen molar-refractivity contribution in [3.8, 4) is 0 Å². The third-order valence-electron chi connectivity index (χ3n) is 5.27. The number of carboxylic acids is 1. The first-order valence-electron chi connectivity index (χ1n) is 7.33. The Balaban J connectivity index is 1.97. The van der Waals surface area contributed by atoms with Gasteiger partial charge < -0.3 is 5.11 Å². The number of amides is 2. The molecule has 5 nitrogen and oxygen atoms in total. The highest BCUT2D eigenvalue weighted by Gasteiger charge is 2.63. The van der Waals surface area contributed by atoms with E-state index in [4.69, 9.17) is 0 Å². The molecule has 20 heavy (non-hydrogen) atoms. The summed E-state index contributed by atoms with van der Waals surface area (Å²) in [7, 11) is 0. The van der Waals surface area contributed by atoms with Crippen LogP contribution in [0.25, 0.3) is 0 Å². The molecule has 0 unspecified atom stereocenters. The summed E-state index contributed by atoms with van der Waals surface area (Å²) in [5.74, 6) is -1.48. The van der Waals surface area contributed by atoms with Crippen molar-refractivity contribution in [1.29, 1.82) is 0 Å². The molecule has 1 aliphatic heterocycles. The van der Waals surface area contributed by atoms with Gasteiger partial charge in [-0.1, -0.05) is 20.8 Å². The van der Waals surface area contributed by atoms with Crippen LogP contribution in [-0.4, -0.2) is 33.8 Å². The Labute approximate surface area is 118 Å². The fourth-order valence-corrected chi connectivity index (χ4v) is 4.55. The molecule has 0 aromatic heterocycles. The number of carboxylic acid groups (broad SMARTS) is 1. The highest BCUT2D eigenvalue weighted by Crippen LogP contribution is 2.56. The molecule has 5 atom stereocenters. The number of hydrogen-bond acceptors (Lipinski definition) is 3. The van der Waals surface area contributed by atoms with Crippen LogP contribution in [0.5, 0.6) is 0 Å². The molecule has 3 aliphatic rings. The predicted molar refractivity (Wildman–Crippen MR) is 70.5 cm³/mol. The molecule has 1 heterocycles. The maximum absolute atomic E-state index is 12.6. The molecule has 3 rings (SSSR count). The topological polar surface area (TPSA) is 74.7 Å². The van der Waals surface area contributed by atoms with E-state index in [1.54, 1.807) is 20.8 Å². The van der Waals surface area contributed by atoms with Crippen LogP contribution in [0.1, 0.15) is 40.0 Å². The number of carbonyl (C=O) groups is 3. The predicted octanol–water partition coefficient (Wildman–Crippen LogP) is 1.52. The zero-order valence-electron chi connectivity index (χ0n) is 12.1. The summed E-state index contributed by atoms with van der Waals surface area (Å²) in [6.07, 6.45) is 2.98. The fourth-order valence-electron chi connectivity index (χ4n) is 4.55. The second-order valence-electron chi connectivity index (χ2n) is 7.54. The molecule has 0 spiro atoms. The molecule has 0 radical (unpaired) electrons. The summed E-state index contributed by atoms with van der Waals surface area (Å²) < 4.78 is 0. The van der Waals surface area contributed by atoms with Crippen molar-refractivity contribution in [1.82, 2.24) is 4.90 Å². The molecule has 2 saturated carbocycles. The van der Waals surface area contributed by atoms with Gasteiger partial charge in [-0.15, -0.1) is 0 Å². The van der Waals surface area contributed by atoms with Crippen LogP contribution >= 0.6 is 0 Å². The molecule has 0 aromatic carbocycles. The lowest BCUT2D eigenvalue weighted by atomic mass is 9.81. The van der Waals surface area contributed by atoms with Crippen molar-refractivity contribution in [2.24, 2.45) is 29.1 Å². The van der Waals surface area contributed by atoms with Crippen LogP contribution in [0, 0.1) is 29.1 Å². The number of fused-ring (bicyclic) bond motifs is 5. The molecule has 1 N–H and O–H groups in total. The molecule has 110 valence electrons. The highest BCUT2D eigenvalue weighted by atomic mass is 16.4. The van der Waals surface area contributed by atoms with Gasteiger partial charge >= 0.3 is 5.97 Å². The molecule has 5 heteroatoms. The summed E-state index contributed by atoms with van der Waals surface area (Å²) in [5, 5.41) is 9.47. The van der Waals surface area contributed by atoms with Gasteiger partial charge in [0.2, 0.25) is 11.8 Å². The summed E-state index contributed by atoms with van der Waals surface area (Å²) in [6.45, 7) is 5.28. The van der Waals surface area contributed by atoms with E-state index in [0.717, 1.165) is 24.2 Å². The van der Waals surface area contributed by atoms with E-state index >= 15 is 0 Å². The maximum atomic E-state index is 12.6. The van der Waals surface area contributed by atoms with Crippen molar-refractivity contribution in [3.05, 3.63) is 0 Å². The van der Waals surface area contributed by atoms with E-state index in [0.29, 0.717) is 11.8 Å².